The molecule has 0 aliphatic carbocycles. The zero-order chi connectivity index (χ0) is 11.1. The number of benzene rings is 1. The fraction of sp³-hybridized carbons (Fsp3) is 0.250. The first-order valence-corrected chi connectivity index (χ1v) is 5.20. The summed E-state index contributed by atoms with van der Waals surface area (Å²) in [5.74, 6) is 0.804. The van der Waals surface area contributed by atoms with E-state index in [-0.39, 0.29) is 18.3 Å². The van der Waals surface area contributed by atoms with Crippen LogP contribution in [-0.2, 0) is 6.42 Å². The number of ether oxygens (including phenoxy) is 1. The van der Waals surface area contributed by atoms with Gasteiger partial charge in [-0.1, -0.05) is 0 Å². The Bertz CT molecular complexity index is 603. The molecular formula is C12H11NO3. The van der Waals surface area contributed by atoms with Crippen LogP contribution in [0.25, 0.3) is 10.9 Å². The van der Waals surface area contributed by atoms with Crippen LogP contribution in [0.1, 0.15) is 5.56 Å². The molecule has 0 saturated heterocycles. The Kier molecular flexibility index (Phi) is 1.97. The Morgan fingerprint density at radius 2 is 2.25 bits per heavy atom. The third-order valence-corrected chi connectivity index (χ3v) is 2.90. The number of aromatic amines is 1. The predicted molar refractivity (Wildman–Crippen MR) is 59.8 cm³/mol. The van der Waals surface area contributed by atoms with Crippen LogP contribution in [-0.4, -0.2) is 22.8 Å². The molecule has 0 fully saturated rings. The number of fused-ring (bicyclic) bond motifs is 3. The number of hydrogen-bond acceptors (Lipinski definition) is 3. The molecule has 2 N–H and O–H groups in total. The molecular weight excluding hydrogens is 206 g/mol. The third-order valence-electron chi connectivity index (χ3n) is 2.90. The summed E-state index contributed by atoms with van der Waals surface area (Å²) < 4.78 is 5.55. The van der Waals surface area contributed by atoms with E-state index in [2.05, 4.69) is 4.98 Å². The molecule has 1 unspecified atom stereocenters. The van der Waals surface area contributed by atoms with Crippen molar-refractivity contribution < 1.29 is 9.84 Å². The first kappa shape index (κ1) is 9.42. The lowest BCUT2D eigenvalue weighted by molar-refractivity contribution is 0.134. The summed E-state index contributed by atoms with van der Waals surface area (Å²) >= 11 is 0. The van der Waals surface area contributed by atoms with Crippen molar-refractivity contribution >= 4 is 10.9 Å². The summed E-state index contributed by atoms with van der Waals surface area (Å²) in [5.41, 5.74) is 1.77. The second-order valence-electron chi connectivity index (χ2n) is 3.95. The highest BCUT2D eigenvalue weighted by Gasteiger charge is 2.23. The van der Waals surface area contributed by atoms with Gasteiger partial charge in [-0.25, -0.2) is 0 Å². The molecule has 0 radical (unpaired) electrons. The van der Waals surface area contributed by atoms with Crippen molar-refractivity contribution in [1.29, 1.82) is 0 Å². The van der Waals surface area contributed by atoms with Gasteiger partial charge in [-0.2, -0.15) is 0 Å². The molecule has 3 rings (SSSR count). The van der Waals surface area contributed by atoms with Crippen LogP contribution in [0.15, 0.2) is 29.1 Å². The van der Waals surface area contributed by atoms with Crippen LogP contribution in [0.3, 0.4) is 0 Å². The van der Waals surface area contributed by atoms with Crippen molar-refractivity contribution in [3.63, 3.8) is 0 Å². The van der Waals surface area contributed by atoms with Gasteiger partial charge in [0.15, 0.2) is 0 Å². The highest BCUT2D eigenvalue weighted by atomic mass is 16.5. The van der Waals surface area contributed by atoms with Gasteiger partial charge in [0.2, 0.25) is 5.56 Å². The molecule has 0 bridgehead atoms. The minimum absolute atomic E-state index is 0.0134. The van der Waals surface area contributed by atoms with E-state index < -0.39 is 0 Å². The van der Waals surface area contributed by atoms with E-state index in [1.165, 1.54) is 6.07 Å². The van der Waals surface area contributed by atoms with E-state index in [0.717, 1.165) is 22.2 Å². The number of aliphatic hydroxyl groups is 1. The maximum Gasteiger partial charge on any atom is 0.248 e. The lowest BCUT2D eigenvalue weighted by Crippen LogP contribution is -2.17. The molecule has 2 aromatic rings. The molecule has 4 heteroatoms. The third kappa shape index (κ3) is 1.31. The highest BCUT2D eigenvalue weighted by Crippen LogP contribution is 2.33. The average molecular weight is 217 g/mol. The molecule has 1 atom stereocenters. The highest BCUT2D eigenvalue weighted by molar-refractivity contribution is 5.85. The summed E-state index contributed by atoms with van der Waals surface area (Å²) in [4.78, 5) is 14.0. The molecule has 0 spiro atoms. The second-order valence-corrected chi connectivity index (χ2v) is 3.95. The molecule has 16 heavy (non-hydrogen) atoms. The summed E-state index contributed by atoms with van der Waals surface area (Å²) in [6, 6.07) is 6.98. The van der Waals surface area contributed by atoms with E-state index in [1.807, 2.05) is 12.1 Å². The first-order chi connectivity index (χ1) is 7.78. The van der Waals surface area contributed by atoms with Crippen LogP contribution in [0.2, 0.25) is 0 Å². The molecule has 0 saturated carbocycles. The summed E-state index contributed by atoms with van der Waals surface area (Å²) in [7, 11) is 0. The lowest BCUT2D eigenvalue weighted by Gasteiger charge is -2.04. The molecule has 2 heterocycles. The van der Waals surface area contributed by atoms with Gasteiger partial charge in [0, 0.05) is 29.0 Å². The minimum atomic E-state index is -0.160. The molecule has 1 aliphatic rings. The van der Waals surface area contributed by atoms with Gasteiger partial charge < -0.3 is 14.8 Å². The topological polar surface area (TPSA) is 62.3 Å². The van der Waals surface area contributed by atoms with E-state index >= 15 is 0 Å². The Balaban J connectivity index is 2.23. The Morgan fingerprint density at radius 1 is 1.38 bits per heavy atom. The van der Waals surface area contributed by atoms with E-state index in [0.29, 0.717) is 6.42 Å². The number of nitrogens with one attached hydrogen (secondary N) is 1. The van der Waals surface area contributed by atoms with Crippen LogP contribution in [0.4, 0.5) is 0 Å². The normalized spacial score (nSPS) is 18.4. The first-order valence-electron chi connectivity index (χ1n) is 5.20. The van der Waals surface area contributed by atoms with Crippen LogP contribution < -0.4 is 10.3 Å². The standard InChI is InChI=1S/C12H11NO3/c14-6-7-5-9-8-1-4-12(15)13-10(8)2-3-11(9)16-7/h1-4,7,14H,5-6H2,(H,13,15). The maximum absolute atomic E-state index is 11.2. The van der Waals surface area contributed by atoms with Crippen LogP contribution in [0, 0.1) is 0 Å². The molecule has 1 aromatic heterocycles. The molecule has 4 nitrogen and oxygen atoms in total. The summed E-state index contributed by atoms with van der Waals surface area (Å²) in [6.07, 6.45) is 0.530. The van der Waals surface area contributed by atoms with Gasteiger partial charge in [0.05, 0.1) is 6.61 Å². The SMILES string of the molecule is O=c1ccc2c3c(ccc2[nH]1)OC(CO)C3. The van der Waals surface area contributed by atoms with Crippen molar-refractivity contribution in [2.24, 2.45) is 0 Å². The Morgan fingerprint density at radius 3 is 3.06 bits per heavy atom. The molecule has 82 valence electrons. The quantitative estimate of drug-likeness (QED) is 0.743. The number of hydrogen-bond donors (Lipinski definition) is 2. The molecule has 1 aromatic carbocycles. The number of aromatic nitrogens is 1. The smallest absolute Gasteiger partial charge is 0.248 e. The van der Waals surface area contributed by atoms with Gasteiger partial charge in [-0.3, -0.25) is 4.79 Å². The largest absolute Gasteiger partial charge is 0.487 e. The van der Waals surface area contributed by atoms with Gasteiger partial charge in [-0.05, 0) is 18.2 Å². The van der Waals surface area contributed by atoms with Crippen LogP contribution >= 0.6 is 0 Å². The van der Waals surface area contributed by atoms with Crippen LogP contribution in [0.5, 0.6) is 5.75 Å². The fourth-order valence-corrected chi connectivity index (χ4v) is 2.15. The van der Waals surface area contributed by atoms with E-state index in [4.69, 9.17) is 9.84 Å². The zero-order valence-electron chi connectivity index (χ0n) is 8.56. The van der Waals surface area contributed by atoms with E-state index in [1.54, 1.807) is 6.07 Å². The van der Waals surface area contributed by atoms with Gasteiger partial charge >= 0.3 is 0 Å². The summed E-state index contributed by atoms with van der Waals surface area (Å²) in [6.45, 7) is 0.0134. The number of H-pyrrole nitrogens is 1. The predicted octanol–water partition coefficient (Wildman–Crippen LogP) is 0.824. The maximum atomic E-state index is 11.2. The number of aliphatic hydroxyl groups excluding tert-OH is 1. The van der Waals surface area contributed by atoms with Crippen molar-refractivity contribution in [2.75, 3.05) is 6.61 Å². The van der Waals surface area contributed by atoms with Crippen molar-refractivity contribution in [3.05, 3.63) is 40.2 Å². The van der Waals surface area contributed by atoms with E-state index in [9.17, 15) is 4.79 Å². The lowest BCUT2D eigenvalue weighted by atomic mass is 10.0. The monoisotopic (exact) mass is 217 g/mol. The molecule has 1 aliphatic heterocycles. The molecule has 0 amide bonds. The number of rotatable bonds is 1. The fourth-order valence-electron chi connectivity index (χ4n) is 2.15. The Labute approximate surface area is 91.5 Å². The van der Waals surface area contributed by atoms with Gasteiger partial charge in [0.25, 0.3) is 0 Å². The van der Waals surface area contributed by atoms with Crippen molar-refractivity contribution in [3.8, 4) is 5.75 Å². The second kappa shape index (κ2) is 3.35. The van der Waals surface area contributed by atoms with Crippen molar-refractivity contribution in [1.82, 2.24) is 4.98 Å². The Hall–Kier alpha value is -1.81. The number of pyridine rings is 1. The van der Waals surface area contributed by atoms with Crippen molar-refractivity contribution in [2.45, 2.75) is 12.5 Å². The van der Waals surface area contributed by atoms with Gasteiger partial charge in [-0.15, -0.1) is 0 Å². The average Bonchev–Trinajstić information content (AvgIpc) is 2.71. The summed E-state index contributed by atoms with van der Waals surface area (Å²) in [5, 5.41) is 10.1. The van der Waals surface area contributed by atoms with Gasteiger partial charge in [0.1, 0.15) is 11.9 Å². The minimum Gasteiger partial charge on any atom is -0.487 e. The zero-order valence-corrected chi connectivity index (χ0v) is 8.56.